The molecule has 5 heteroatoms. The van der Waals surface area contributed by atoms with Crippen molar-refractivity contribution in [2.24, 2.45) is 11.8 Å². The van der Waals surface area contributed by atoms with Crippen LogP contribution in [0.4, 0.5) is 5.69 Å². The van der Waals surface area contributed by atoms with Crippen LogP contribution in [0.15, 0.2) is 24.3 Å². The molecule has 0 radical (unpaired) electrons. The lowest BCUT2D eigenvalue weighted by Crippen LogP contribution is -2.37. The van der Waals surface area contributed by atoms with Crippen LogP contribution in [-0.2, 0) is 14.3 Å². The van der Waals surface area contributed by atoms with E-state index in [1.165, 1.54) is 6.42 Å². The zero-order valence-electron chi connectivity index (χ0n) is 13.8. The second kappa shape index (κ2) is 8.56. The molecule has 1 aliphatic rings. The summed E-state index contributed by atoms with van der Waals surface area (Å²) in [5.41, 5.74) is 0.574. The van der Waals surface area contributed by atoms with Crippen molar-refractivity contribution in [3.05, 3.63) is 24.3 Å². The number of hydrogen-bond acceptors (Lipinski definition) is 4. The van der Waals surface area contributed by atoms with E-state index >= 15 is 0 Å². The number of methoxy groups -OCH3 is 1. The maximum absolute atomic E-state index is 12.7. The highest BCUT2D eigenvalue weighted by molar-refractivity contribution is 6.05. The monoisotopic (exact) mass is 319 g/mol. The van der Waals surface area contributed by atoms with Crippen molar-refractivity contribution in [3.8, 4) is 5.75 Å². The lowest BCUT2D eigenvalue weighted by atomic mass is 9.79. The van der Waals surface area contributed by atoms with E-state index < -0.39 is 11.9 Å². The van der Waals surface area contributed by atoms with Gasteiger partial charge in [-0.3, -0.25) is 9.59 Å². The first-order chi connectivity index (χ1) is 11.2. The van der Waals surface area contributed by atoms with Gasteiger partial charge in [0.25, 0.3) is 0 Å². The van der Waals surface area contributed by atoms with Gasteiger partial charge in [0.2, 0.25) is 5.91 Å². The van der Waals surface area contributed by atoms with Crippen LogP contribution >= 0.6 is 0 Å². The molecule has 1 amide bonds. The largest absolute Gasteiger partial charge is 0.495 e. The van der Waals surface area contributed by atoms with Crippen molar-refractivity contribution in [1.82, 2.24) is 0 Å². The number of carbonyl (C=O) groups excluding carboxylic acids is 2. The molecular formula is C18H25NO4. The van der Waals surface area contributed by atoms with Crippen LogP contribution in [0.3, 0.4) is 0 Å². The molecule has 1 N–H and O–H groups in total. The summed E-state index contributed by atoms with van der Waals surface area (Å²) in [6.45, 7) is 2.04. The molecule has 1 unspecified atom stereocenters. The molecule has 0 heterocycles. The summed E-state index contributed by atoms with van der Waals surface area (Å²) in [4.78, 5) is 25.0. The van der Waals surface area contributed by atoms with E-state index in [1.54, 1.807) is 26.2 Å². The van der Waals surface area contributed by atoms with Gasteiger partial charge in [-0.15, -0.1) is 0 Å². The number of anilines is 1. The summed E-state index contributed by atoms with van der Waals surface area (Å²) in [5.74, 6) is -0.851. The summed E-state index contributed by atoms with van der Waals surface area (Å²) >= 11 is 0. The lowest BCUT2D eigenvalue weighted by Gasteiger charge is -2.28. The first kappa shape index (κ1) is 17.3. The Morgan fingerprint density at radius 1 is 1.22 bits per heavy atom. The second-order valence-electron chi connectivity index (χ2n) is 5.82. The number of ether oxygens (including phenoxy) is 2. The number of esters is 1. The Labute approximate surface area is 137 Å². The Balaban J connectivity index is 2.16. The smallest absolute Gasteiger partial charge is 0.318 e. The third kappa shape index (κ3) is 4.47. The highest BCUT2D eigenvalue weighted by Gasteiger charge is 2.36. The second-order valence-corrected chi connectivity index (χ2v) is 5.82. The molecule has 1 aromatic carbocycles. The van der Waals surface area contributed by atoms with Gasteiger partial charge in [0.05, 0.1) is 19.4 Å². The van der Waals surface area contributed by atoms with Crippen LogP contribution < -0.4 is 10.1 Å². The van der Waals surface area contributed by atoms with Crippen LogP contribution in [0.2, 0.25) is 0 Å². The standard InChI is InChI=1S/C18H25NO4/c1-3-23-18(21)16(13-9-5-4-6-10-13)17(20)19-14-11-7-8-12-15(14)22-2/h7-8,11-13,16H,3-6,9-10H2,1-2H3,(H,19,20). The molecule has 2 rings (SSSR count). The Morgan fingerprint density at radius 3 is 2.57 bits per heavy atom. The van der Waals surface area contributed by atoms with Gasteiger partial charge >= 0.3 is 5.97 Å². The van der Waals surface area contributed by atoms with Crippen LogP contribution in [0.25, 0.3) is 0 Å². The van der Waals surface area contributed by atoms with E-state index in [2.05, 4.69) is 5.32 Å². The number of hydrogen-bond donors (Lipinski definition) is 1. The summed E-state index contributed by atoms with van der Waals surface area (Å²) in [5, 5.41) is 2.83. The SMILES string of the molecule is CCOC(=O)C(C(=O)Nc1ccccc1OC)C1CCCCC1. The number of nitrogens with one attached hydrogen (secondary N) is 1. The van der Waals surface area contributed by atoms with Gasteiger partial charge < -0.3 is 14.8 Å². The van der Waals surface area contributed by atoms with Gasteiger partial charge in [-0.2, -0.15) is 0 Å². The van der Waals surface area contributed by atoms with Crippen molar-refractivity contribution in [2.45, 2.75) is 39.0 Å². The van der Waals surface area contributed by atoms with E-state index in [1.807, 2.05) is 12.1 Å². The summed E-state index contributed by atoms with van der Waals surface area (Å²) in [6, 6.07) is 7.19. The maximum atomic E-state index is 12.7. The van der Waals surface area contributed by atoms with Crippen molar-refractivity contribution >= 4 is 17.6 Å². The number of carbonyl (C=O) groups is 2. The van der Waals surface area contributed by atoms with E-state index in [-0.39, 0.29) is 18.4 Å². The fraction of sp³-hybridized carbons (Fsp3) is 0.556. The molecule has 0 bridgehead atoms. The lowest BCUT2D eigenvalue weighted by molar-refractivity contribution is -0.153. The molecule has 0 spiro atoms. The molecule has 0 aliphatic heterocycles. The molecule has 1 aliphatic carbocycles. The molecule has 1 fully saturated rings. The first-order valence-corrected chi connectivity index (χ1v) is 8.28. The van der Waals surface area contributed by atoms with Gasteiger partial charge in [-0.1, -0.05) is 31.4 Å². The topological polar surface area (TPSA) is 64.6 Å². The van der Waals surface area contributed by atoms with E-state index in [9.17, 15) is 9.59 Å². The van der Waals surface area contributed by atoms with Crippen LogP contribution in [-0.4, -0.2) is 25.6 Å². The molecule has 1 atom stereocenters. The van der Waals surface area contributed by atoms with Crippen molar-refractivity contribution in [1.29, 1.82) is 0 Å². The Kier molecular flexibility index (Phi) is 6.44. The average molecular weight is 319 g/mol. The van der Waals surface area contributed by atoms with Crippen molar-refractivity contribution in [3.63, 3.8) is 0 Å². The average Bonchev–Trinajstić information content (AvgIpc) is 2.57. The molecular weight excluding hydrogens is 294 g/mol. The predicted molar refractivity (Wildman–Crippen MR) is 88.3 cm³/mol. The van der Waals surface area contributed by atoms with Crippen LogP contribution in [0.1, 0.15) is 39.0 Å². The summed E-state index contributed by atoms with van der Waals surface area (Å²) in [6.07, 6.45) is 5.07. The molecule has 0 aromatic heterocycles. The van der Waals surface area contributed by atoms with Gasteiger partial charge in [0, 0.05) is 0 Å². The number of benzene rings is 1. The van der Waals surface area contributed by atoms with Gasteiger partial charge in [0.1, 0.15) is 11.7 Å². The number of amides is 1. The minimum absolute atomic E-state index is 0.0532. The first-order valence-electron chi connectivity index (χ1n) is 8.28. The van der Waals surface area contributed by atoms with Gasteiger partial charge in [-0.05, 0) is 37.8 Å². The fourth-order valence-corrected chi connectivity index (χ4v) is 3.17. The zero-order chi connectivity index (χ0) is 16.7. The summed E-state index contributed by atoms with van der Waals surface area (Å²) in [7, 11) is 1.55. The minimum Gasteiger partial charge on any atom is -0.495 e. The quantitative estimate of drug-likeness (QED) is 0.645. The minimum atomic E-state index is -0.750. The van der Waals surface area contributed by atoms with Crippen molar-refractivity contribution < 1.29 is 19.1 Å². The Bertz CT molecular complexity index is 538. The van der Waals surface area contributed by atoms with Crippen LogP contribution in [0, 0.1) is 11.8 Å². The maximum Gasteiger partial charge on any atom is 0.318 e. The zero-order valence-corrected chi connectivity index (χ0v) is 13.8. The number of rotatable bonds is 6. The third-order valence-corrected chi connectivity index (χ3v) is 4.31. The normalized spacial score (nSPS) is 16.4. The molecule has 1 aromatic rings. The van der Waals surface area contributed by atoms with E-state index in [0.717, 1.165) is 25.7 Å². The molecule has 0 saturated heterocycles. The molecule has 1 saturated carbocycles. The van der Waals surface area contributed by atoms with Gasteiger partial charge in [0.15, 0.2) is 0 Å². The number of para-hydroxylation sites is 2. The fourth-order valence-electron chi connectivity index (χ4n) is 3.17. The predicted octanol–water partition coefficient (Wildman–Crippen LogP) is 3.39. The highest BCUT2D eigenvalue weighted by atomic mass is 16.5. The molecule has 5 nitrogen and oxygen atoms in total. The van der Waals surface area contributed by atoms with Crippen molar-refractivity contribution in [2.75, 3.05) is 19.0 Å². The summed E-state index contributed by atoms with van der Waals surface area (Å²) < 4.78 is 10.4. The highest BCUT2D eigenvalue weighted by Crippen LogP contribution is 2.32. The third-order valence-electron chi connectivity index (χ3n) is 4.31. The van der Waals surface area contributed by atoms with E-state index in [0.29, 0.717) is 11.4 Å². The molecule has 23 heavy (non-hydrogen) atoms. The Hall–Kier alpha value is -2.04. The van der Waals surface area contributed by atoms with Gasteiger partial charge in [-0.25, -0.2) is 0 Å². The Morgan fingerprint density at radius 2 is 1.91 bits per heavy atom. The van der Waals surface area contributed by atoms with E-state index in [4.69, 9.17) is 9.47 Å². The molecule has 126 valence electrons. The van der Waals surface area contributed by atoms with Crippen LogP contribution in [0.5, 0.6) is 5.75 Å².